The fourth-order valence-corrected chi connectivity index (χ4v) is 3.73. The number of fused-ring (bicyclic) bond motifs is 1. The van der Waals surface area contributed by atoms with Crippen molar-refractivity contribution in [1.82, 2.24) is 5.32 Å². The molecule has 1 aliphatic rings. The third-order valence-electron chi connectivity index (χ3n) is 5.51. The number of nitrogens with two attached hydrogens (primary N) is 1. The normalized spacial score (nSPS) is 16.2. The summed E-state index contributed by atoms with van der Waals surface area (Å²) in [5, 5.41) is 22.6. The van der Waals surface area contributed by atoms with Crippen LogP contribution in [0.3, 0.4) is 0 Å². The molecule has 0 aliphatic carbocycles. The number of carboxylic acids is 1. The molecule has 0 saturated heterocycles. The van der Waals surface area contributed by atoms with Crippen LogP contribution >= 0.6 is 0 Å². The molecule has 0 bridgehead atoms. The van der Waals surface area contributed by atoms with Crippen LogP contribution in [0.15, 0.2) is 60.8 Å². The van der Waals surface area contributed by atoms with Crippen molar-refractivity contribution in [2.75, 3.05) is 18.8 Å². The molecule has 7 heteroatoms. The summed E-state index contributed by atoms with van der Waals surface area (Å²) >= 11 is 0. The minimum absolute atomic E-state index is 0.0402. The Morgan fingerprint density at radius 1 is 1.16 bits per heavy atom. The maximum atomic E-state index is 11.0. The highest BCUT2D eigenvalue weighted by Crippen LogP contribution is 2.32. The van der Waals surface area contributed by atoms with Gasteiger partial charge in [-0.25, -0.2) is 9.78 Å². The van der Waals surface area contributed by atoms with Crippen molar-refractivity contribution in [3.63, 3.8) is 0 Å². The number of benzene rings is 2. The standard InChI is InChI=1S/C24H25N3O4/c25-23-10-7-19(12-27-23)21(28)14-26-13-20-8-5-18-11-17(6-9-22(18)31-20)15-1-3-16(4-2-15)24(29)30/h1-4,6-7,9-12,20-21,26,28H,5,8,13-14H2,(H2,25,27)(H,29,30)/p+1. The summed E-state index contributed by atoms with van der Waals surface area (Å²) in [5.74, 6) is 0.501. The molecule has 0 radical (unpaired) electrons. The number of hydrogen-bond donors (Lipinski definition) is 4. The summed E-state index contributed by atoms with van der Waals surface area (Å²) in [6.07, 6.45) is 2.91. The van der Waals surface area contributed by atoms with Gasteiger partial charge in [0.05, 0.1) is 17.9 Å². The van der Waals surface area contributed by atoms with Crippen LogP contribution in [0.4, 0.5) is 5.82 Å². The number of aromatic carboxylic acids is 1. The zero-order valence-corrected chi connectivity index (χ0v) is 17.0. The van der Waals surface area contributed by atoms with Crippen LogP contribution in [0.25, 0.3) is 11.1 Å². The summed E-state index contributed by atoms with van der Waals surface area (Å²) < 4.78 is 6.13. The average Bonchev–Trinajstić information content (AvgIpc) is 2.79. The van der Waals surface area contributed by atoms with E-state index in [-0.39, 0.29) is 11.7 Å². The molecule has 1 aliphatic heterocycles. The molecule has 1 aromatic heterocycles. The lowest BCUT2D eigenvalue weighted by Gasteiger charge is -2.27. The Bertz CT molecular complexity index is 1050. The van der Waals surface area contributed by atoms with E-state index in [1.54, 1.807) is 30.5 Å². The van der Waals surface area contributed by atoms with E-state index >= 15 is 0 Å². The second-order valence-corrected chi connectivity index (χ2v) is 7.73. The average molecular weight is 420 g/mol. The number of anilines is 1. The van der Waals surface area contributed by atoms with Crippen molar-refractivity contribution in [2.45, 2.75) is 25.0 Å². The first kappa shape index (κ1) is 20.8. The summed E-state index contributed by atoms with van der Waals surface area (Å²) in [7, 11) is 0. The molecular formula is C24H26N3O4+. The fourth-order valence-electron chi connectivity index (χ4n) is 3.73. The van der Waals surface area contributed by atoms with E-state index in [0.29, 0.717) is 18.9 Å². The molecule has 2 aromatic carbocycles. The number of aliphatic hydroxyl groups is 1. The third-order valence-corrected chi connectivity index (χ3v) is 5.51. The number of aromatic amines is 1. The van der Waals surface area contributed by atoms with E-state index < -0.39 is 12.1 Å². The number of carboxylic acid groups (broad SMARTS) is 1. The van der Waals surface area contributed by atoms with Gasteiger partial charge >= 0.3 is 5.97 Å². The summed E-state index contributed by atoms with van der Waals surface area (Å²) in [6.45, 7) is 1.07. The van der Waals surface area contributed by atoms with Gasteiger partial charge in [0.2, 0.25) is 0 Å². The molecule has 0 amide bonds. The highest BCUT2D eigenvalue weighted by Gasteiger charge is 2.20. The molecule has 2 heterocycles. The number of pyridine rings is 1. The van der Waals surface area contributed by atoms with Crippen LogP contribution in [-0.4, -0.2) is 35.4 Å². The quantitative estimate of drug-likeness (QED) is 0.466. The van der Waals surface area contributed by atoms with Crippen molar-refractivity contribution in [3.05, 3.63) is 77.5 Å². The number of aliphatic hydroxyl groups excluding tert-OH is 1. The van der Waals surface area contributed by atoms with E-state index in [0.717, 1.165) is 40.8 Å². The fraction of sp³-hybridized carbons (Fsp3) is 0.250. The molecule has 0 spiro atoms. The Morgan fingerprint density at radius 3 is 2.65 bits per heavy atom. The number of aromatic nitrogens is 1. The van der Waals surface area contributed by atoms with E-state index in [4.69, 9.17) is 15.6 Å². The molecule has 3 aromatic rings. The van der Waals surface area contributed by atoms with E-state index in [2.05, 4.69) is 16.4 Å². The van der Waals surface area contributed by atoms with E-state index in [1.807, 2.05) is 24.3 Å². The largest absolute Gasteiger partial charge is 0.489 e. The molecule has 0 saturated carbocycles. The molecule has 4 rings (SSSR count). The Kier molecular flexibility index (Phi) is 6.16. The van der Waals surface area contributed by atoms with Gasteiger partial charge in [-0.2, -0.15) is 0 Å². The number of nitrogen functional groups attached to an aromatic ring is 1. The number of H-pyrrole nitrogens is 1. The minimum Gasteiger partial charge on any atom is -0.489 e. The maximum absolute atomic E-state index is 11.0. The Morgan fingerprint density at radius 2 is 1.94 bits per heavy atom. The smallest absolute Gasteiger partial charge is 0.335 e. The highest BCUT2D eigenvalue weighted by molar-refractivity contribution is 5.88. The molecule has 0 fully saturated rings. The molecule has 2 unspecified atom stereocenters. The van der Waals surface area contributed by atoms with Gasteiger partial charge in [0.1, 0.15) is 11.9 Å². The lowest BCUT2D eigenvalue weighted by atomic mass is 9.96. The monoisotopic (exact) mass is 420 g/mol. The van der Waals surface area contributed by atoms with Crippen molar-refractivity contribution >= 4 is 11.8 Å². The van der Waals surface area contributed by atoms with Crippen LogP contribution in [0.2, 0.25) is 0 Å². The van der Waals surface area contributed by atoms with Crippen LogP contribution < -0.4 is 20.8 Å². The van der Waals surface area contributed by atoms with Gasteiger partial charge in [-0.05, 0) is 59.9 Å². The van der Waals surface area contributed by atoms with Crippen LogP contribution in [-0.2, 0) is 6.42 Å². The Balaban J connectivity index is 1.32. The van der Waals surface area contributed by atoms with Crippen molar-refractivity contribution in [3.8, 4) is 16.9 Å². The first-order valence-electron chi connectivity index (χ1n) is 10.3. The zero-order chi connectivity index (χ0) is 21.8. The molecule has 160 valence electrons. The van der Waals surface area contributed by atoms with Crippen molar-refractivity contribution < 1.29 is 24.7 Å². The summed E-state index contributed by atoms with van der Waals surface area (Å²) in [4.78, 5) is 13.9. The predicted molar refractivity (Wildman–Crippen MR) is 117 cm³/mol. The highest BCUT2D eigenvalue weighted by atomic mass is 16.5. The van der Waals surface area contributed by atoms with Gasteiger partial charge in [0.25, 0.3) is 5.82 Å². The molecule has 31 heavy (non-hydrogen) atoms. The number of nitrogens with one attached hydrogen (secondary N) is 2. The lowest BCUT2D eigenvalue weighted by molar-refractivity contribution is -0.361. The maximum Gasteiger partial charge on any atom is 0.335 e. The Hall–Kier alpha value is -3.42. The Labute approximate surface area is 180 Å². The zero-order valence-electron chi connectivity index (χ0n) is 17.0. The first-order valence-corrected chi connectivity index (χ1v) is 10.3. The van der Waals surface area contributed by atoms with Crippen LogP contribution in [0.5, 0.6) is 5.75 Å². The first-order chi connectivity index (χ1) is 15.0. The van der Waals surface area contributed by atoms with E-state index in [1.165, 1.54) is 0 Å². The number of rotatable bonds is 7. The molecular weight excluding hydrogens is 394 g/mol. The molecule has 2 atom stereocenters. The van der Waals surface area contributed by atoms with Gasteiger partial charge in [-0.1, -0.05) is 18.2 Å². The van der Waals surface area contributed by atoms with E-state index in [9.17, 15) is 9.90 Å². The third kappa shape index (κ3) is 5.02. The SMILES string of the molecule is Nc1ccc(C(O)CNCC2CCc3cc(-c4ccc(C(=O)O)cc4)ccc3O2)c[nH+]1. The number of hydrogen-bond acceptors (Lipinski definition) is 5. The lowest BCUT2D eigenvalue weighted by Crippen LogP contribution is -2.36. The number of carbonyl (C=O) groups is 1. The van der Waals surface area contributed by atoms with Gasteiger partial charge < -0.3 is 20.3 Å². The minimum atomic E-state index is -0.927. The van der Waals surface area contributed by atoms with Gasteiger partial charge in [0.15, 0.2) is 0 Å². The number of aryl methyl sites for hydroxylation is 1. The van der Waals surface area contributed by atoms with Crippen LogP contribution in [0, 0.1) is 0 Å². The molecule has 6 N–H and O–H groups in total. The van der Waals surface area contributed by atoms with Crippen LogP contribution in [0.1, 0.15) is 34.0 Å². The predicted octanol–water partition coefficient (Wildman–Crippen LogP) is 2.46. The molecule has 7 nitrogen and oxygen atoms in total. The second kappa shape index (κ2) is 9.16. The second-order valence-electron chi connectivity index (χ2n) is 7.73. The van der Waals surface area contributed by atoms with Gasteiger partial charge in [-0.3, -0.25) is 5.73 Å². The summed E-state index contributed by atoms with van der Waals surface area (Å²) in [6, 6.07) is 16.5. The van der Waals surface area contributed by atoms with Gasteiger partial charge in [-0.15, -0.1) is 0 Å². The van der Waals surface area contributed by atoms with Gasteiger partial charge in [0, 0.05) is 24.7 Å². The van der Waals surface area contributed by atoms with Crippen molar-refractivity contribution in [1.29, 1.82) is 0 Å². The van der Waals surface area contributed by atoms with Crippen molar-refractivity contribution in [2.24, 2.45) is 0 Å². The number of ether oxygens (including phenoxy) is 1. The summed E-state index contributed by atoms with van der Waals surface area (Å²) in [5.41, 5.74) is 9.85. The topological polar surface area (TPSA) is 119 Å².